The molecule has 6 heteroatoms. The summed E-state index contributed by atoms with van der Waals surface area (Å²) < 4.78 is 0. The number of aliphatic hydroxyl groups is 2. The molecule has 2 rings (SSSR count). The number of hydrogen-bond acceptors (Lipinski definition) is 4. The van der Waals surface area contributed by atoms with Gasteiger partial charge in [-0.15, -0.1) is 0 Å². The predicted molar refractivity (Wildman–Crippen MR) is 71.7 cm³/mol. The average molecular weight is 286 g/mol. The first-order valence-corrected chi connectivity index (χ1v) is 6.41. The average Bonchev–Trinajstić information content (AvgIpc) is 2.68. The molecule has 19 heavy (non-hydrogen) atoms. The molecule has 0 amide bonds. The second-order valence-corrected chi connectivity index (χ2v) is 5.22. The van der Waals surface area contributed by atoms with Crippen molar-refractivity contribution in [2.45, 2.75) is 25.0 Å². The minimum atomic E-state index is -0.907. The molecule has 104 valence electrons. The number of anilines is 1. The SMILES string of the molecule is CC(C(=O)O)c1ccc(N2C[C@@H](O)[C@@H](O)C2)c(Cl)c1. The van der Waals surface area contributed by atoms with Gasteiger partial charge in [-0.2, -0.15) is 0 Å². The Labute approximate surface area is 116 Å². The lowest BCUT2D eigenvalue weighted by molar-refractivity contribution is -0.138. The van der Waals surface area contributed by atoms with Gasteiger partial charge in [-0.1, -0.05) is 17.7 Å². The zero-order valence-corrected chi connectivity index (χ0v) is 11.2. The summed E-state index contributed by atoms with van der Waals surface area (Å²) in [5.74, 6) is -1.53. The summed E-state index contributed by atoms with van der Waals surface area (Å²) >= 11 is 6.16. The van der Waals surface area contributed by atoms with Gasteiger partial charge in [0, 0.05) is 13.1 Å². The third kappa shape index (κ3) is 2.83. The van der Waals surface area contributed by atoms with Gasteiger partial charge in [-0.05, 0) is 24.6 Å². The van der Waals surface area contributed by atoms with Gasteiger partial charge in [0.15, 0.2) is 0 Å². The number of halogens is 1. The van der Waals surface area contributed by atoms with Crippen LogP contribution in [0.25, 0.3) is 0 Å². The van der Waals surface area contributed by atoms with Crippen molar-refractivity contribution in [3.63, 3.8) is 0 Å². The normalized spacial score (nSPS) is 24.5. The number of carboxylic acids is 1. The fourth-order valence-corrected chi connectivity index (χ4v) is 2.47. The van der Waals surface area contributed by atoms with Crippen LogP contribution in [0.3, 0.4) is 0 Å². The minimum absolute atomic E-state index is 0.314. The van der Waals surface area contributed by atoms with Crippen molar-refractivity contribution in [1.29, 1.82) is 0 Å². The van der Waals surface area contributed by atoms with Gasteiger partial charge in [0.2, 0.25) is 0 Å². The molecule has 0 bridgehead atoms. The van der Waals surface area contributed by atoms with E-state index in [0.717, 1.165) is 0 Å². The quantitative estimate of drug-likeness (QED) is 0.774. The van der Waals surface area contributed by atoms with Gasteiger partial charge < -0.3 is 20.2 Å². The first-order valence-electron chi connectivity index (χ1n) is 6.03. The zero-order valence-electron chi connectivity index (χ0n) is 10.5. The molecule has 1 fully saturated rings. The van der Waals surface area contributed by atoms with E-state index in [1.165, 1.54) is 0 Å². The minimum Gasteiger partial charge on any atom is -0.481 e. The van der Waals surface area contributed by atoms with Crippen molar-refractivity contribution >= 4 is 23.3 Å². The summed E-state index contributed by atoms with van der Waals surface area (Å²) in [5.41, 5.74) is 1.32. The Bertz CT molecular complexity index is 484. The van der Waals surface area contributed by atoms with Crippen LogP contribution in [0.4, 0.5) is 5.69 Å². The van der Waals surface area contributed by atoms with Gasteiger partial charge in [0.05, 0.1) is 28.8 Å². The fraction of sp³-hybridized carbons (Fsp3) is 0.462. The fourth-order valence-electron chi connectivity index (χ4n) is 2.16. The Morgan fingerprint density at radius 1 is 1.37 bits per heavy atom. The summed E-state index contributed by atoms with van der Waals surface area (Å²) in [5, 5.41) is 28.4. The summed E-state index contributed by atoms with van der Waals surface area (Å²) in [7, 11) is 0. The molecule has 1 aliphatic heterocycles. The highest BCUT2D eigenvalue weighted by atomic mass is 35.5. The number of carboxylic acid groups (broad SMARTS) is 1. The third-order valence-electron chi connectivity index (χ3n) is 3.44. The molecule has 1 saturated heterocycles. The van der Waals surface area contributed by atoms with E-state index in [9.17, 15) is 15.0 Å². The molecule has 1 aromatic carbocycles. The summed E-state index contributed by atoms with van der Waals surface area (Å²) in [6.45, 7) is 2.22. The van der Waals surface area contributed by atoms with E-state index in [1.54, 1.807) is 30.0 Å². The van der Waals surface area contributed by atoms with E-state index in [1.807, 2.05) is 0 Å². The standard InChI is InChI=1S/C13H16ClNO4/c1-7(13(18)19)8-2-3-10(9(14)4-8)15-5-11(16)12(17)6-15/h2-4,7,11-12,16-17H,5-6H2,1H3,(H,18,19)/t7?,11-,12+. The van der Waals surface area contributed by atoms with Crippen LogP contribution in [0.1, 0.15) is 18.4 Å². The predicted octanol–water partition coefficient (Wildman–Crippen LogP) is 1.07. The van der Waals surface area contributed by atoms with Gasteiger partial charge in [0.1, 0.15) is 0 Å². The van der Waals surface area contributed by atoms with Crippen molar-refractivity contribution in [2.75, 3.05) is 18.0 Å². The van der Waals surface area contributed by atoms with E-state index in [0.29, 0.717) is 29.4 Å². The van der Waals surface area contributed by atoms with Gasteiger partial charge >= 0.3 is 5.97 Å². The van der Waals surface area contributed by atoms with Crippen LogP contribution in [0, 0.1) is 0 Å². The van der Waals surface area contributed by atoms with Crippen molar-refractivity contribution in [3.05, 3.63) is 28.8 Å². The van der Waals surface area contributed by atoms with Crippen LogP contribution >= 0.6 is 11.6 Å². The number of rotatable bonds is 3. The van der Waals surface area contributed by atoms with Crippen LogP contribution in [0.5, 0.6) is 0 Å². The summed E-state index contributed by atoms with van der Waals surface area (Å²) in [6.07, 6.45) is -1.57. The molecule has 5 nitrogen and oxygen atoms in total. The lowest BCUT2D eigenvalue weighted by Gasteiger charge is -2.20. The van der Waals surface area contributed by atoms with Crippen LogP contribution in [0.15, 0.2) is 18.2 Å². The lowest BCUT2D eigenvalue weighted by Crippen LogP contribution is -2.22. The van der Waals surface area contributed by atoms with E-state index in [2.05, 4.69) is 0 Å². The second-order valence-electron chi connectivity index (χ2n) is 4.81. The summed E-state index contributed by atoms with van der Waals surface area (Å²) in [4.78, 5) is 12.7. The molecule has 0 spiro atoms. The monoisotopic (exact) mass is 285 g/mol. The van der Waals surface area contributed by atoms with Crippen LogP contribution < -0.4 is 4.90 Å². The van der Waals surface area contributed by atoms with E-state index >= 15 is 0 Å². The van der Waals surface area contributed by atoms with E-state index < -0.39 is 24.1 Å². The third-order valence-corrected chi connectivity index (χ3v) is 3.74. The Morgan fingerprint density at radius 3 is 2.42 bits per heavy atom. The molecule has 1 heterocycles. The number of nitrogens with zero attached hydrogens (tertiary/aromatic N) is 1. The molecular formula is C13H16ClNO4. The highest BCUT2D eigenvalue weighted by Crippen LogP contribution is 2.31. The first-order chi connectivity index (χ1) is 8.90. The topological polar surface area (TPSA) is 81.0 Å². The maximum Gasteiger partial charge on any atom is 0.310 e. The Balaban J connectivity index is 2.23. The number of aliphatic hydroxyl groups excluding tert-OH is 2. The van der Waals surface area contributed by atoms with Crippen LogP contribution in [0.2, 0.25) is 5.02 Å². The van der Waals surface area contributed by atoms with Gasteiger partial charge in [-0.25, -0.2) is 0 Å². The van der Waals surface area contributed by atoms with Crippen molar-refractivity contribution in [1.82, 2.24) is 0 Å². The number of aliphatic carboxylic acids is 1. The molecule has 1 aliphatic rings. The maximum atomic E-state index is 10.9. The van der Waals surface area contributed by atoms with Gasteiger partial charge in [-0.3, -0.25) is 4.79 Å². The molecule has 3 atom stereocenters. The van der Waals surface area contributed by atoms with Crippen LogP contribution in [-0.4, -0.2) is 46.6 Å². The number of β-amino-alcohol motifs (C(OH)–C–C–N with tert-alkyl or cyclic N) is 2. The Kier molecular flexibility index (Phi) is 3.99. The highest BCUT2D eigenvalue weighted by Gasteiger charge is 2.30. The molecule has 3 N–H and O–H groups in total. The van der Waals surface area contributed by atoms with E-state index in [4.69, 9.17) is 16.7 Å². The Hall–Kier alpha value is -1.30. The second kappa shape index (κ2) is 5.36. The van der Waals surface area contributed by atoms with Crippen molar-refractivity contribution in [3.8, 4) is 0 Å². The Morgan fingerprint density at radius 2 is 1.95 bits per heavy atom. The summed E-state index contributed by atoms with van der Waals surface area (Å²) in [6, 6.07) is 5.05. The maximum absolute atomic E-state index is 10.9. The van der Waals surface area contributed by atoms with E-state index in [-0.39, 0.29) is 0 Å². The largest absolute Gasteiger partial charge is 0.481 e. The number of hydrogen-bond donors (Lipinski definition) is 3. The molecule has 1 aromatic rings. The molecule has 0 aromatic heterocycles. The highest BCUT2D eigenvalue weighted by molar-refractivity contribution is 6.33. The molecular weight excluding hydrogens is 270 g/mol. The van der Waals surface area contributed by atoms with Gasteiger partial charge in [0.25, 0.3) is 0 Å². The van der Waals surface area contributed by atoms with Crippen LogP contribution in [-0.2, 0) is 4.79 Å². The molecule has 1 unspecified atom stereocenters. The van der Waals surface area contributed by atoms with Crippen molar-refractivity contribution in [2.24, 2.45) is 0 Å². The number of carbonyl (C=O) groups is 1. The van der Waals surface area contributed by atoms with Crippen molar-refractivity contribution < 1.29 is 20.1 Å². The molecule has 0 saturated carbocycles. The zero-order chi connectivity index (χ0) is 14.2. The lowest BCUT2D eigenvalue weighted by atomic mass is 10.0. The molecule has 0 aliphatic carbocycles. The smallest absolute Gasteiger partial charge is 0.310 e. The molecule has 0 radical (unpaired) electrons. The number of benzene rings is 1. The first kappa shape index (κ1) is 14.1.